The van der Waals surface area contributed by atoms with Gasteiger partial charge in [0.05, 0.1) is 12.2 Å². The number of aromatic nitrogens is 1. The zero-order chi connectivity index (χ0) is 19.9. The molecular formula is C21H33N5O. The van der Waals surface area contributed by atoms with Crippen molar-refractivity contribution >= 4 is 5.96 Å². The predicted molar refractivity (Wildman–Crippen MR) is 111 cm³/mol. The van der Waals surface area contributed by atoms with Crippen LogP contribution in [0.4, 0.5) is 0 Å². The zero-order valence-electron chi connectivity index (χ0n) is 17.3. The molecule has 0 fully saturated rings. The molecule has 0 saturated heterocycles. The Balaban J connectivity index is 1.82. The third-order valence-electron chi connectivity index (χ3n) is 4.43. The number of rotatable bonds is 8. The highest BCUT2D eigenvalue weighted by Crippen LogP contribution is 2.16. The van der Waals surface area contributed by atoms with Crippen molar-refractivity contribution in [3.05, 3.63) is 53.4 Å². The number of nitrogens with zero attached hydrogens (tertiary/aromatic N) is 2. The first-order valence-corrected chi connectivity index (χ1v) is 9.53. The summed E-state index contributed by atoms with van der Waals surface area (Å²) in [6.07, 6.45) is 0. The number of benzene rings is 1. The summed E-state index contributed by atoms with van der Waals surface area (Å²) in [5, 5.41) is 14.4. The highest BCUT2D eigenvalue weighted by atomic mass is 16.5. The van der Waals surface area contributed by atoms with Gasteiger partial charge in [0.15, 0.2) is 11.7 Å². The van der Waals surface area contributed by atoms with E-state index in [9.17, 15) is 0 Å². The lowest BCUT2D eigenvalue weighted by atomic mass is 10.0. The third kappa shape index (κ3) is 6.71. The molecule has 0 aliphatic carbocycles. The number of nitrogens with one attached hydrogen (secondary N) is 3. The first-order valence-electron chi connectivity index (χ1n) is 9.53. The van der Waals surface area contributed by atoms with Crippen LogP contribution < -0.4 is 16.0 Å². The van der Waals surface area contributed by atoms with Crippen LogP contribution in [0.25, 0.3) is 0 Å². The average Bonchev–Trinajstić information content (AvgIpc) is 3.11. The summed E-state index contributed by atoms with van der Waals surface area (Å²) in [6.45, 7) is 12.0. The highest BCUT2D eigenvalue weighted by molar-refractivity contribution is 5.79. The standard InChI is InChI=1S/C21H33N5O/c1-15(2)19-12-18(27-26-19)13-23-20(22-6)24-14-21(4,5)25-16(3)17-10-8-7-9-11-17/h7-12,15-16,25H,13-14H2,1-6H3,(H2,22,23,24). The monoisotopic (exact) mass is 371 g/mol. The van der Waals surface area contributed by atoms with E-state index in [-0.39, 0.29) is 11.6 Å². The third-order valence-corrected chi connectivity index (χ3v) is 4.43. The molecule has 1 aromatic carbocycles. The molecule has 3 N–H and O–H groups in total. The summed E-state index contributed by atoms with van der Waals surface area (Å²) in [7, 11) is 1.77. The molecule has 0 saturated carbocycles. The van der Waals surface area contributed by atoms with E-state index >= 15 is 0 Å². The second-order valence-corrected chi connectivity index (χ2v) is 7.81. The van der Waals surface area contributed by atoms with Crippen molar-refractivity contribution < 1.29 is 4.52 Å². The summed E-state index contributed by atoms with van der Waals surface area (Å²) in [4.78, 5) is 4.29. The topological polar surface area (TPSA) is 74.5 Å². The first-order chi connectivity index (χ1) is 12.8. The molecule has 1 heterocycles. The highest BCUT2D eigenvalue weighted by Gasteiger charge is 2.21. The van der Waals surface area contributed by atoms with Crippen LogP contribution in [0.2, 0.25) is 0 Å². The fourth-order valence-electron chi connectivity index (χ4n) is 2.84. The van der Waals surface area contributed by atoms with E-state index in [0.29, 0.717) is 12.5 Å². The van der Waals surface area contributed by atoms with Crippen LogP contribution in [0, 0.1) is 0 Å². The van der Waals surface area contributed by atoms with Gasteiger partial charge in [-0.2, -0.15) is 0 Å². The first kappa shape index (κ1) is 21.0. The summed E-state index contributed by atoms with van der Waals surface area (Å²) in [5.74, 6) is 1.90. The van der Waals surface area contributed by atoms with Crippen LogP contribution >= 0.6 is 0 Å². The van der Waals surface area contributed by atoms with Crippen LogP contribution in [0.5, 0.6) is 0 Å². The summed E-state index contributed by atoms with van der Waals surface area (Å²) in [6, 6.07) is 12.7. The van der Waals surface area contributed by atoms with Gasteiger partial charge in [0.25, 0.3) is 0 Å². The molecule has 0 amide bonds. The maximum absolute atomic E-state index is 5.36. The van der Waals surface area contributed by atoms with Crippen molar-refractivity contribution in [3.63, 3.8) is 0 Å². The molecule has 1 aromatic heterocycles. The summed E-state index contributed by atoms with van der Waals surface area (Å²) < 4.78 is 5.36. The van der Waals surface area contributed by atoms with Gasteiger partial charge < -0.3 is 20.5 Å². The molecule has 0 radical (unpaired) electrons. The Hall–Kier alpha value is -2.34. The number of aliphatic imine (C=N–C) groups is 1. The van der Waals surface area contributed by atoms with Gasteiger partial charge in [-0.25, -0.2) is 0 Å². The fraction of sp³-hybridized carbons (Fsp3) is 0.524. The molecule has 0 bridgehead atoms. The minimum Gasteiger partial charge on any atom is -0.359 e. The molecular weight excluding hydrogens is 338 g/mol. The molecule has 6 heteroatoms. The van der Waals surface area contributed by atoms with E-state index in [1.165, 1.54) is 5.56 Å². The average molecular weight is 372 g/mol. The molecule has 1 atom stereocenters. The Morgan fingerprint density at radius 3 is 2.44 bits per heavy atom. The lowest BCUT2D eigenvalue weighted by molar-refractivity contribution is 0.344. The van der Waals surface area contributed by atoms with E-state index in [4.69, 9.17) is 4.52 Å². The van der Waals surface area contributed by atoms with Gasteiger partial charge in [-0.15, -0.1) is 0 Å². The number of hydrogen-bond acceptors (Lipinski definition) is 4. The van der Waals surface area contributed by atoms with Gasteiger partial charge in [0, 0.05) is 31.2 Å². The SMILES string of the molecule is CN=C(NCc1cc(C(C)C)no1)NCC(C)(C)NC(C)c1ccccc1. The van der Waals surface area contributed by atoms with Crippen molar-refractivity contribution in [2.24, 2.45) is 4.99 Å². The van der Waals surface area contributed by atoms with Gasteiger partial charge in [0.1, 0.15) is 0 Å². The van der Waals surface area contributed by atoms with Gasteiger partial charge in [0.2, 0.25) is 0 Å². The molecule has 2 rings (SSSR count). The lowest BCUT2D eigenvalue weighted by Gasteiger charge is -2.31. The summed E-state index contributed by atoms with van der Waals surface area (Å²) in [5.41, 5.74) is 2.14. The van der Waals surface area contributed by atoms with Gasteiger partial charge >= 0.3 is 0 Å². The van der Waals surface area contributed by atoms with Crippen molar-refractivity contribution in [3.8, 4) is 0 Å². The smallest absolute Gasteiger partial charge is 0.191 e. The largest absolute Gasteiger partial charge is 0.359 e. The van der Waals surface area contributed by atoms with E-state index in [1.807, 2.05) is 12.1 Å². The maximum Gasteiger partial charge on any atom is 0.191 e. The van der Waals surface area contributed by atoms with Gasteiger partial charge in [-0.3, -0.25) is 4.99 Å². The van der Waals surface area contributed by atoms with Crippen LogP contribution in [-0.2, 0) is 6.54 Å². The number of hydrogen-bond donors (Lipinski definition) is 3. The van der Waals surface area contributed by atoms with Crippen LogP contribution in [0.1, 0.15) is 63.6 Å². The Kier molecular flexibility index (Phi) is 7.42. The van der Waals surface area contributed by atoms with E-state index in [2.05, 4.69) is 85.0 Å². The Bertz CT molecular complexity index is 721. The minimum absolute atomic E-state index is 0.107. The minimum atomic E-state index is -0.107. The Morgan fingerprint density at radius 1 is 1.15 bits per heavy atom. The fourth-order valence-corrected chi connectivity index (χ4v) is 2.84. The molecule has 27 heavy (non-hydrogen) atoms. The van der Waals surface area contributed by atoms with Crippen molar-refractivity contribution in [2.75, 3.05) is 13.6 Å². The quantitative estimate of drug-likeness (QED) is 0.488. The molecule has 0 spiro atoms. The number of guanidine groups is 1. The second kappa shape index (κ2) is 9.55. The molecule has 0 aliphatic rings. The van der Waals surface area contributed by atoms with E-state index in [0.717, 1.165) is 24.0 Å². The molecule has 1 unspecified atom stereocenters. The Morgan fingerprint density at radius 2 is 1.85 bits per heavy atom. The zero-order valence-corrected chi connectivity index (χ0v) is 17.3. The van der Waals surface area contributed by atoms with E-state index in [1.54, 1.807) is 7.05 Å². The predicted octanol–water partition coefficient (Wildman–Crippen LogP) is 3.59. The van der Waals surface area contributed by atoms with Gasteiger partial charge in [-0.05, 0) is 32.3 Å². The van der Waals surface area contributed by atoms with Crippen LogP contribution in [0.3, 0.4) is 0 Å². The molecule has 148 valence electrons. The van der Waals surface area contributed by atoms with E-state index < -0.39 is 0 Å². The molecule has 2 aromatic rings. The van der Waals surface area contributed by atoms with Crippen molar-refractivity contribution in [1.82, 2.24) is 21.1 Å². The van der Waals surface area contributed by atoms with Crippen LogP contribution in [0.15, 0.2) is 45.9 Å². The van der Waals surface area contributed by atoms with Crippen molar-refractivity contribution in [2.45, 2.75) is 58.7 Å². The van der Waals surface area contributed by atoms with Crippen LogP contribution in [-0.4, -0.2) is 30.2 Å². The lowest BCUT2D eigenvalue weighted by Crippen LogP contribution is -2.52. The second-order valence-electron chi connectivity index (χ2n) is 7.81. The van der Waals surface area contributed by atoms with Gasteiger partial charge in [-0.1, -0.05) is 49.3 Å². The maximum atomic E-state index is 5.36. The molecule has 6 nitrogen and oxygen atoms in total. The Labute approximate surface area is 162 Å². The molecule has 0 aliphatic heterocycles. The summed E-state index contributed by atoms with van der Waals surface area (Å²) >= 11 is 0. The van der Waals surface area contributed by atoms with Crippen molar-refractivity contribution in [1.29, 1.82) is 0 Å². The normalized spacial score (nSPS) is 13.7.